The van der Waals surface area contributed by atoms with E-state index in [4.69, 9.17) is 18.6 Å². The van der Waals surface area contributed by atoms with E-state index in [1.54, 1.807) is 0 Å². The first kappa shape index (κ1) is 21.3. The SMILES string of the molecule is CC(C)(C)[Si](C)(C)OC[C@H]1O[C@]1(C)CC[C@@H]1O[C@]1(C)CC[C@@H]1O[C@H]1CBr. The second-order valence-electron chi connectivity index (χ2n) is 10.4. The van der Waals surface area contributed by atoms with Crippen LogP contribution in [0.4, 0.5) is 0 Å². The van der Waals surface area contributed by atoms with Crippen molar-refractivity contribution in [1.29, 1.82) is 0 Å². The van der Waals surface area contributed by atoms with E-state index in [0.29, 0.717) is 18.3 Å². The van der Waals surface area contributed by atoms with Crippen molar-refractivity contribution in [2.75, 3.05) is 11.9 Å². The molecule has 3 fully saturated rings. The Morgan fingerprint density at radius 2 is 1.54 bits per heavy atom. The maximum absolute atomic E-state index is 6.33. The quantitative estimate of drug-likeness (QED) is 0.266. The summed E-state index contributed by atoms with van der Waals surface area (Å²) in [6, 6.07) is 0. The fraction of sp³-hybridized carbons (Fsp3) is 1.00. The maximum Gasteiger partial charge on any atom is 0.192 e. The molecule has 6 atom stereocenters. The highest BCUT2D eigenvalue weighted by atomic mass is 79.9. The summed E-state index contributed by atoms with van der Waals surface area (Å²) in [5, 5.41) is 1.20. The average molecular weight is 450 g/mol. The van der Waals surface area contributed by atoms with Crippen LogP contribution in [0.2, 0.25) is 18.1 Å². The van der Waals surface area contributed by atoms with Crippen molar-refractivity contribution >= 4 is 24.2 Å². The first-order chi connectivity index (χ1) is 11.9. The van der Waals surface area contributed by atoms with Gasteiger partial charge in [0, 0.05) is 5.33 Å². The topological polar surface area (TPSA) is 46.8 Å². The zero-order chi connectivity index (χ0) is 19.4. The number of alkyl halides is 1. The van der Waals surface area contributed by atoms with Gasteiger partial charge in [0.15, 0.2) is 8.32 Å². The summed E-state index contributed by atoms with van der Waals surface area (Å²) in [7, 11) is -1.69. The summed E-state index contributed by atoms with van der Waals surface area (Å²) in [6.07, 6.45) is 5.85. The Bertz CT molecular complexity index is 522. The lowest BCUT2D eigenvalue weighted by atomic mass is 9.93. The molecule has 3 saturated heterocycles. The molecule has 26 heavy (non-hydrogen) atoms. The van der Waals surface area contributed by atoms with Crippen LogP contribution >= 0.6 is 15.9 Å². The molecule has 0 saturated carbocycles. The van der Waals surface area contributed by atoms with Gasteiger partial charge >= 0.3 is 0 Å². The van der Waals surface area contributed by atoms with Gasteiger partial charge in [-0.15, -0.1) is 0 Å². The molecule has 0 aromatic rings. The Morgan fingerprint density at radius 3 is 2.12 bits per heavy atom. The first-order valence-corrected chi connectivity index (χ1v) is 14.1. The van der Waals surface area contributed by atoms with Gasteiger partial charge in [0.1, 0.15) is 6.10 Å². The summed E-state index contributed by atoms with van der Waals surface area (Å²) < 4.78 is 24.0. The number of halogens is 1. The Kier molecular flexibility index (Phi) is 5.80. The van der Waals surface area contributed by atoms with Crippen molar-refractivity contribution in [1.82, 2.24) is 0 Å². The maximum atomic E-state index is 6.33. The molecule has 0 radical (unpaired) electrons. The van der Waals surface area contributed by atoms with Crippen LogP contribution in [0.1, 0.15) is 60.3 Å². The highest BCUT2D eigenvalue weighted by molar-refractivity contribution is 9.09. The highest BCUT2D eigenvalue weighted by Gasteiger charge is 2.57. The van der Waals surface area contributed by atoms with E-state index in [1.807, 2.05) is 0 Å². The molecule has 0 amide bonds. The fourth-order valence-electron chi connectivity index (χ4n) is 3.51. The van der Waals surface area contributed by atoms with Crippen molar-refractivity contribution in [3.63, 3.8) is 0 Å². The van der Waals surface area contributed by atoms with E-state index in [-0.39, 0.29) is 22.3 Å². The second kappa shape index (κ2) is 7.10. The molecule has 0 N–H and O–H groups in total. The van der Waals surface area contributed by atoms with E-state index < -0.39 is 8.32 Å². The Morgan fingerprint density at radius 1 is 0.962 bits per heavy atom. The molecule has 3 heterocycles. The molecule has 6 heteroatoms. The molecule has 0 aromatic heterocycles. The van der Waals surface area contributed by atoms with Crippen LogP contribution in [0.25, 0.3) is 0 Å². The molecule has 3 rings (SSSR count). The minimum absolute atomic E-state index is 0.0180. The summed E-state index contributed by atoms with van der Waals surface area (Å²) in [5.74, 6) is 0. The van der Waals surface area contributed by atoms with Crippen molar-refractivity contribution in [3.05, 3.63) is 0 Å². The third-order valence-corrected chi connectivity index (χ3v) is 12.3. The van der Waals surface area contributed by atoms with Crippen LogP contribution in [0, 0.1) is 0 Å². The van der Waals surface area contributed by atoms with E-state index in [0.717, 1.165) is 37.6 Å². The Labute approximate surface area is 168 Å². The molecular formula is C20H37BrO4Si. The zero-order valence-electron chi connectivity index (χ0n) is 17.6. The molecule has 4 nitrogen and oxygen atoms in total. The summed E-state index contributed by atoms with van der Waals surface area (Å²) in [5.41, 5.74) is 0.0388. The van der Waals surface area contributed by atoms with E-state index in [9.17, 15) is 0 Å². The van der Waals surface area contributed by atoms with Crippen LogP contribution in [0.3, 0.4) is 0 Å². The minimum Gasteiger partial charge on any atom is -0.414 e. The predicted octanol–water partition coefficient (Wildman–Crippen LogP) is 5.05. The van der Waals surface area contributed by atoms with Crippen molar-refractivity contribution in [2.45, 2.75) is 114 Å². The van der Waals surface area contributed by atoms with Crippen LogP contribution in [0.5, 0.6) is 0 Å². The molecule has 0 bridgehead atoms. The molecule has 0 unspecified atom stereocenters. The van der Waals surface area contributed by atoms with Gasteiger partial charge < -0.3 is 18.6 Å². The van der Waals surface area contributed by atoms with Crippen LogP contribution in [0.15, 0.2) is 0 Å². The van der Waals surface area contributed by atoms with Gasteiger partial charge in [-0.3, -0.25) is 0 Å². The Hall–Kier alpha value is 0.537. The zero-order valence-corrected chi connectivity index (χ0v) is 20.1. The molecule has 3 aliphatic heterocycles. The summed E-state index contributed by atoms with van der Waals surface area (Å²) >= 11 is 3.48. The number of rotatable bonds is 10. The smallest absolute Gasteiger partial charge is 0.192 e. The number of epoxide rings is 3. The number of ether oxygens (including phenoxy) is 3. The van der Waals surface area contributed by atoms with Gasteiger partial charge in [-0.2, -0.15) is 0 Å². The predicted molar refractivity (Wildman–Crippen MR) is 111 cm³/mol. The van der Waals surface area contributed by atoms with Gasteiger partial charge in [0.25, 0.3) is 0 Å². The third kappa shape index (κ3) is 4.74. The molecular weight excluding hydrogens is 412 g/mol. The molecule has 152 valence electrons. The van der Waals surface area contributed by atoms with Crippen LogP contribution in [-0.2, 0) is 18.6 Å². The highest BCUT2D eigenvalue weighted by Crippen LogP contribution is 2.49. The summed E-state index contributed by atoms with van der Waals surface area (Å²) in [6.45, 7) is 16.7. The van der Waals surface area contributed by atoms with Gasteiger partial charge in [0.2, 0.25) is 0 Å². The van der Waals surface area contributed by atoms with Crippen molar-refractivity contribution < 1.29 is 18.6 Å². The van der Waals surface area contributed by atoms with Gasteiger partial charge in [-0.1, -0.05) is 36.7 Å². The van der Waals surface area contributed by atoms with Gasteiger partial charge in [-0.05, 0) is 57.7 Å². The monoisotopic (exact) mass is 448 g/mol. The normalized spacial score (nSPS) is 42.0. The largest absolute Gasteiger partial charge is 0.414 e. The van der Waals surface area contributed by atoms with Gasteiger partial charge in [-0.25, -0.2) is 0 Å². The molecule has 0 aliphatic carbocycles. The third-order valence-electron chi connectivity index (χ3n) is 7.14. The Balaban J connectivity index is 1.33. The number of hydrogen-bond donors (Lipinski definition) is 0. The summed E-state index contributed by atoms with van der Waals surface area (Å²) in [4.78, 5) is 0. The first-order valence-electron chi connectivity index (χ1n) is 10.1. The number of hydrogen-bond acceptors (Lipinski definition) is 4. The van der Waals surface area contributed by atoms with E-state index in [1.165, 1.54) is 0 Å². The molecule has 3 aliphatic rings. The van der Waals surface area contributed by atoms with Crippen LogP contribution in [-0.4, -0.2) is 55.9 Å². The van der Waals surface area contributed by atoms with Crippen molar-refractivity contribution in [3.8, 4) is 0 Å². The lowest BCUT2D eigenvalue weighted by molar-refractivity contribution is 0.233. The fourth-order valence-corrected chi connectivity index (χ4v) is 5.08. The molecule has 0 aromatic carbocycles. The second-order valence-corrected chi connectivity index (χ2v) is 15.8. The minimum atomic E-state index is -1.69. The van der Waals surface area contributed by atoms with Crippen LogP contribution < -0.4 is 0 Å². The standard InChI is InChI=1S/C20H37BrO4Si/c1-18(2,3)26(6,7)22-13-17-20(5,25-17)11-9-16-19(4,24-16)10-8-14-15(12-21)23-14/h14-17H,8-13H2,1-7H3/t14-,15-,16-,17+,19+,20+/m0/s1. The van der Waals surface area contributed by atoms with Gasteiger partial charge in [0.05, 0.1) is 36.1 Å². The van der Waals surface area contributed by atoms with Crippen molar-refractivity contribution in [2.24, 2.45) is 0 Å². The van der Waals surface area contributed by atoms with E-state index in [2.05, 4.69) is 63.6 Å². The lowest BCUT2D eigenvalue weighted by Gasteiger charge is -2.36. The van der Waals surface area contributed by atoms with E-state index >= 15 is 0 Å². The average Bonchev–Trinajstić information content (AvgIpc) is 3.43. The lowest BCUT2D eigenvalue weighted by Crippen LogP contribution is -2.42. The molecule has 0 spiro atoms.